The first-order valence-electron chi connectivity index (χ1n) is 9.27. The van der Waals surface area contributed by atoms with Crippen LogP contribution in [0.15, 0.2) is 54.6 Å². The Kier molecular flexibility index (Phi) is 7.87. The average molecular weight is 392 g/mol. The van der Waals surface area contributed by atoms with E-state index in [9.17, 15) is 15.2 Å². The molecule has 6 heteroatoms. The van der Waals surface area contributed by atoms with Crippen molar-refractivity contribution in [1.29, 1.82) is 5.26 Å². The Balaban J connectivity index is 2.40. The molecule has 2 aromatic carbocycles. The van der Waals surface area contributed by atoms with Gasteiger partial charge in [0.25, 0.3) is 5.91 Å². The number of anilines is 1. The zero-order chi connectivity index (χ0) is 21.2. The van der Waals surface area contributed by atoms with Crippen LogP contribution in [-0.2, 0) is 11.2 Å². The van der Waals surface area contributed by atoms with Crippen molar-refractivity contribution in [3.63, 3.8) is 0 Å². The van der Waals surface area contributed by atoms with Crippen LogP contribution in [0.2, 0.25) is 0 Å². The molecular weight excluding hydrogens is 368 g/mol. The number of carbonyl (C=O) groups excluding carboxylic acids is 1. The quantitative estimate of drug-likeness (QED) is 0.284. The third kappa shape index (κ3) is 5.88. The van der Waals surface area contributed by atoms with Crippen molar-refractivity contribution >= 4 is 17.7 Å². The Morgan fingerprint density at radius 2 is 1.90 bits per heavy atom. The van der Waals surface area contributed by atoms with E-state index in [0.29, 0.717) is 42.4 Å². The normalized spacial score (nSPS) is 10.7. The van der Waals surface area contributed by atoms with E-state index >= 15 is 0 Å². The number of nitrogens with zero attached hydrogens (tertiary/aromatic N) is 1. The number of hydrogen-bond donors (Lipinski definition) is 2. The third-order valence-electron chi connectivity index (χ3n) is 3.91. The number of amides is 1. The van der Waals surface area contributed by atoms with E-state index in [4.69, 9.17) is 9.47 Å². The van der Waals surface area contributed by atoms with Gasteiger partial charge < -0.3 is 19.9 Å². The number of allylic oxidation sites excluding steroid dienone is 1. The number of carbonyl (C=O) groups is 1. The van der Waals surface area contributed by atoms with E-state index in [-0.39, 0.29) is 11.3 Å². The van der Waals surface area contributed by atoms with Gasteiger partial charge in [-0.15, -0.1) is 6.58 Å². The fraction of sp³-hybridized carbons (Fsp3) is 0.217. The van der Waals surface area contributed by atoms with E-state index in [0.717, 1.165) is 5.56 Å². The van der Waals surface area contributed by atoms with Gasteiger partial charge in [0, 0.05) is 11.3 Å². The maximum Gasteiger partial charge on any atom is 0.266 e. The molecule has 0 fully saturated rings. The van der Waals surface area contributed by atoms with Gasteiger partial charge in [0.1, 0.15) is 17.4 Å². The molecule has 0 saturated carbocycles. The molecule has 0 radical (unpaired) electrons. The molecule has 0 unspecified atom stereocenters. The van der Waals surface area contributed by atoms with Crippen LogP contribution >= 0.6 is 0 Å². The molecule has 2 rings (SSSR count). The van der Waals surface area contributed by atoms with Gasteiger partial charge >= 0.3 is 0 Å². The number of phenols is 1. The van der Waals surface area contributed by atoms with Gasteiger partial charge in [-0.25, -0.2) is 0 Å². The molecule has 0 heterocycles. The van der Waals surface area contributed by atoms with Gasteiger partial charge in [-0.3, -0.25) is 4.79 Å². The van der Waals surface area contributed by atoms with Gasteiger partial charge in [0.15, 0.2) is 11.5 Å². The molecule has 0 atom stereocenters. The minimum Gasteiger partial charge on any atom is -0.508 e. The molecule has 1 amide bonds. The molecule has 29 heavy (non-hydrogen) atoms. The molecule has 0 bridgehead atoms. The van der Waals surface area contributed by atoms with Crippen molar-refractivity contribution in [3.8, 4) is 23.3 Å². The summed E-state index contributed by atoms with van der Waals surface area (Å²) in [5, 5.41) is 21.4. The summed E-state index contributed by atoms with van der Waals surface area (Å²) in [5.41, 5.74) is 1.92. The fourth-order valence-corrected chi connectivity index (χ4v) is 2.70. The van der Waals surface area contributed by atoms with Crippen molar-refractivity contribution < 1.29 is 19.4 Å². The second-order valence-corrected chi connectivity index (χ2v) is 6.04. The number of nitrogens with one attached hydrogen (secondary N) is 1. The predicted octanol–water partition coefficient (Wildman–Crippen LogP) is 4.46. The fourth-order valence-electron chi connectivity index (χ4n) is 2.70. The number of benzene rings is 2. The van der Waals surface area contributed by atoms with Gasteiger partial charge in [0.05, 0.1) is 13.2 Å². The summed E-state index contributed by atoms with van der Waals surface area (Å²) in [4.78, 5) is 12.5. The first-order valence-corrected chi connectivity index (χ1v) is 9.27. The van der Waals surface area contributed by atoms with Crippen molar-refractivity contribution in [3.05, 3.63) is 65.8 Å². The molecule has 0 aliphatic heterocycles. The molecule has 150 valence electrons. The zero-order valence-electron chi connectivity index (χ0n) is 16.6. The number of aromatic hydroxyl groups is 1. The molecule has 6 nitrogen and oxygen atoms in total. The smallest absolute Gasteiger partial charge is 0.266 e. The Morgan fingerprint density at radius 3 is 2.48 bits per heavy atom. The van der Waals surface area contributed by atoms with Crippen LogP contribution in [-0.4, -0.2) is 24.2 Å². The number of ether oxygens (including phenoxy) is 2. The van der Waals surface area contributed by atoms with Crippen LogP contribution in [0.5, 0.6) is 17.2 Å². The second kappa shape index (κ2) is 10.6. The van der Waals surface area contributed by atoms with Gasteiger partial charge in [-0.05, 0) is 68.3 Å². The Morgan fingerprint density at radius 1 is 1.21 bits per heavy atom. The summed E-state index contributed by atoms with van der Waals surface area (Å²) in [7, 11) is 0. The number of phenolic OH excluding ortho intramolecular Hbond substituents is 1. The molecule has 2 N–H and O–H groups in total. The molecule has 2 aromatic rings. The molecule has 0 aromatic heterocycles. The van der Waals surface area contributed by atoms with Crippen LogP contribution in [0.25, 0.3) is 6.08 Å². The number of nitriles is 1. The maximum atomic E-state index is 12.5. The topological polar surface area (TPSA) is 91.6 Å². The first kappa shape index (κ1) is 21.6. The van der Waals surface area contributed by atoms with Crippen molar-refractivity contribution in [2.45, 2.75) is 20.3 Å². The Hall–Kier alpha value is -3.72. The van der Waals surface area contributed by atoms with Crippen LogP contribution in [0.3, 0.4) is 0 Å². The Labute approximate surface area is 170 Å². The van der Waals surface area contributed by atoms with E-state index in [1.807, 2.05) is 26.0 Å². The van der Waals surface area contributed by atoms with Crippen LogP contribution in [0.4, 0.5) is 5.69 Å². The molecule has 0 spiro atoms. The second-order valence-electron chi connectivity index (χ2n) is 6.04. The van der Waals surface area contributed by atoms with E-state index in [1.54, 1.807) is 24.3 Å². The highest BCUT2D eigenvalue weighted by molar-refractivity contribution is 6.09. The monoisotopic (exact) mass is 392 g/mol. The SMILES string of the molecule is C=CCc1cc(C=C(C#N)C(=O)Nc2ccc(O)cc2)cc(OCC)c1OCC. The Bertz CT molecular complexity index is 941. The van der Waals surface area contributed by atoms with Crippen LogP contribution in [0.1, 0.15) is 25.0 Å². The number of rotatable bonds is 9. The standard InChI is InChI=1S/C23H24N2O4/c1-4-7-17-12-16(14-21(28-5-2)22(17)29-6-3)13-18(15-24)23(27)25-19-8-10-20(26)11-9-19/h4,8-14,26H,1,5-7H2,2-3H3,(H,25,27). The lowest BCUT2D eigenvalue weighted by molar-refractivity contribution is -0.112. The van der Waals surface area contributed by atoms with Crippen molar-refractivity contribution in [2.24, 2.45) is 0 Å². The summed E-state index contributed by atoms with van der Waals surface area (Å²) >= 11 is 0. The lowest BCUT2D eigenvalue weighted by Crippen LogP contribution is -2.13. The molecule has 0 aliphatic rings. The van der Waals surface area contributed by atoms with Crippen LogP contribution < -0.4 is 14.8 Å². The van der Waals surface area contributed by atoms with E-state index in [1.165, 1.54) is 18.2 Å². The van der Waals surface area contributed by atoms with E-state index in [2.05, 4.69) is 11.9 Å². The van der Waals surface area contributed by atoms with Crippen molar-refractivity contribution in [2.75, 3.05) is 18.5 Å². The van der Waals surface area contributed by atoms with Crippen molar-refractivity contribution in [1.82, 2.24) is 0 Å². The minimum absolute atomic E-state index is 0.0609. The summed E-state index contributed by atoms with van der Waals surface area (Å²) in [5.74, 6) is 0.733. The molecular formula is C23H24N2O4. The molecule has 0 aliphatic carbocycles. The minimum atomic E-state index is -0.546. The van der Waals surface area contributed by atoms with Gasteiger partial charge in [-0.1, -0.05) is 6.08 Å². The predicted molar refractivity (Wildman–Crippen MR) is 113 cm³/mol. The summed E-state index contributed by atoms with van der Waals surface area (Å²) in [6.45, 7) is 8.47. The zero-order valence-corrected chi connectivity index (χ0v) is 16.6. The molecule has 0 saturated heterocycles. The van der Waals surface area contributed by atoms with Crippen LogP contribution in [0, 0.1) is 11.3 Å². The summed E-state index contributed by atoms with van der Waals surface area (Å²) < 4.78 is 11.4. The highest BCUT2D eigenvalue weighted by Gasteiger charge is 2.15. The van der Waals surface area contributed by atoms with Gasteiger partial charge in [-0.2, -0.15) is 5.26 Å². The summed E-state index contributed by atoms with van der Waals surface area (Å²) in [6, 6.07) is 11.5. The highest BCUT2D eigenvalue weighted by atomic mass is 16.5. The number of hydrogen-bond acceptors (Lipinski definition) is 5. The lowest BCUT2D eigenvalue weighted by atomic mass is 10.0. The lowest BCUT2D eigenvalue weighted by Gasteiger charge is -2.16. The van der Waals surface area contributed by atoms with E-state index < -0.39 is 5.91 Å². The average Bonchev–Trinajstić information content (AvgIpc) is 2.70. The first-order chi connectivity index (χ1) is 14.0. The largest absolute Gasteiger partial charge is 0.508 e. The highest BCUT2D eigenvalue weighted by Crippen LogP contribution is 2.34. The van der Waals surface area contributed by atoms with Gasteiger partial charge in [0.2, 0.25) is 0 Å². The summed E-state index contributed by atoms with van der Waals surface area (Å²) in [6.07, 6.45) is 3.81. The maximum absolute atomic E-state index is 12.5. The third-order valence-corrected chi connectivity index (χ3v) is 3.91.